The first-order chi connectivity index (χ1) is 13.5. The summed E-state index contributed by atoms with van der Waals surface area (Å²) in [5.41, 5.74) is 4.60. The molecule has 6 nitrogen and oxygen atoms in total. The second-order valence-electron chi connectivity index (χ2n) is 7.40. The standard InChI is InChI=1S/C22H25N3O3/c1-15-3-4-16(2)20(13-15)25-21(26)14-19(22(25)27)23-17-5-7-18(8-6-17)24-9-11-28-12-10-24/h3-8,13,19,23H,9-12,14H2,1-2H3. The molecule has 0 bridgehead atoms. The highest BCUT2D eigenvalue weighted by Crippen LogP contribution is 2.29. The molecule has 2 aliphatic rings. The van der Waals surface area contributed by atoms with Crippen molar-refractivity contribution in [2.45, 2.75) is 26.3 Å². The van der Waals surface area contributed by atoms with E-state index in [-0.39, 0.29) is 18.2 Å². The van der Waals surface area contributed by atoms with Crippen LogP contribution in [0.2, 0.25) is 0 Å². The fourth-order valence-electron chi connectivity index (χ4n) is 3.75. The molecule has 0 spiro atoms. The molecule has 4 rings (SSSR count). The SMILES string of the molecule is Cc1ccc(C)c(N2C(=O)CC(Nc3ccc(N4CCOCC4)cc3)C2=O)c1. The molecule has 2 heterocycles. The Hall–Kier alpha value is -2.86. The molecule has 0 aromatic heterocycles. The smallest absolute Gasteiger partial charge is 0.256 e. The monoisotopic (exact) mass is 379 g/mol. The number of carbonyl (C=O) groups excluding carboxylic acids is 2. The summed E-state index contributed by atoms with van der Waals surface area (Å²) in [5, 5.41) is 3.23. The quantitative estimate of drug-likeness (QED) is 0.828. The highest BCUT2D eigenvalue weighted by Gasteiger charge is 2.40. The number of rotatable bonds is 4. The fourth-order valence-corrected chi connectivity index (χ4v) is 3.75. The van der Waals surface area contributed by atoms with Gasteiger partial charge in [0.25, 0.3) is 5.91 Å². The second kappa shape index (κ2) is 7.64. The first-order valence-corrected chi connectivity index (χ1v) is 9.66. The van der Waals surface area contributed by atoms with Gasteiger partial charge in [-0.1, -0.05) is 12.1 Å². The van der Waals surface area contributed by atoms with Crippen LogP contribution in [0.1, 0.15) is 17.5 Å². The number of hydrogen-bond acceptors (Lipinski definition) is 5. The van der Waals surface area contributed by atoms with Gasteiger partial charge >= 0.3 is 0 Å². The minimum absolute atomic E-state index is 0.164. The van der Waals surface area contributed by atoms with E-state index in [9.17, 15) is 9.59 Å². The minimum Gasteiger partial charge on any atom is -0.378 e. The van der Waals surface area contributed by atoms with Crippen molar-refractivity contribution >= 4 is 28.9 Å². The molecule has 1 N–H and O–H groups in total. The lowest BCUT2D eigenvalue weighted by atomic mass is 10.1. The van der Waals surface area contributed by atoms with Crippen LogP contribution in [0.3, 0.4) is 0 Å². The molecule has 6 heteroatoms. The van der Waals surface area contributed by atoms with Crippen molar-refractivity contribution in [1.29, 1.82) is 0 Å². The Kier molecular flexibility index (Phi) is 5.05. The Labute approximate surface area is 165 Å². The first-order valence-electron chi connectivity index (χ1n) is 9.66. The van der Waals surface area contributed by atoms with Gasteiger partial charge in [0.1, 0.15) is 6.04 Å². The molecular weight excluding hydrogens is 354 g/mol. The molecule has 2 aromatic carbocycles. The van der Waals surface area contributed by atoms with Gasteiger partial charge in [-0.3, -0.25) is 9.59 Å². The van der Waals surface area contributed by atoms with Crippen LogP contribution in [0.15, 0.2) is 42.5 Å². The average molecular weight is 379 g/mol. The Morgan fingerprint density at radius 2 is 1.71 bits per heavy atom. The highest BCUT2D eigenvalue weighted by molar-refractivity contribution is 6.23. The summed E-state index contributed by atoms with van der Waals surface area (Å²) in [6, 6.07) is 13.3. The second-order valence-corrected chi connectivity index (χ2v) is 7.40. The molecule has 2 amide bonds. The van der Waals surface area contributed by atoms with Crippen LogP contribution in [0.5, 0.6) is 0 Å². The lowest BCUT2D eigenvalue weighted by Crippen LogP contribution is -2.36. The number of morpholine rings is 1. The summed E-state index contributed by atoms with van der Waals surface area (Å²) >= 11 is 0. The molecule has 1 atom stereocenters. The number of imide groups is 1. The molecule has 2 fully saturated rings. The van der Waals surface area contributed by atoms with E-state index in [2.05, 4.69) is 10.2 Å². The first kappa shape index (κ1) is 18.5. The van der Waals surface area contributed by atoms with Crippen LogP contribution in [0, 0.1) is 13.8 Å². The van der Waals surface area contributed by atoms with E-state index < -0.39 is 6.04 Å². The number of nitrogens with zero attached hydrogens (tertiary/aromatic N) is 2. The zero-order valence-corrected chi connectivity index (χ0v) is 16.3. The maximum Gasteiger partial charge on any atom is 0.256 e. The van der Waals surface area contributed by atoms with Gasteiger partial charge in [-0.05, 0) is 55.3 Å². The Bertz CT molecular complexity index is 888. The van der Waals surface area contributed by atoms with Gasteiger partial charge in [0.2, 0.25) is 5.91 Å². The molecule has 0 saturated carbocycles. The van der Waals surface area contributed by atoms with E-state index in [0.717, 1.165) is 48.8 Å². The van der Waals surface area contributed by atoms with Crippen molar-refractivity contribution in [2.75, 3.05) is 41.4 Å². The van der Waals surface area contributed by atoms with Gasteiger partial charge in [-0.25, -0.2) is 4.90 Å². The average Bonchev–Trinajstić information content (AvgIpc) is 2.98. The molecule has 0 radical (unpaired) electrons. The van der Waals surface area contributed by atoms with E-state index >= 15 is 0 Å². The lowest BCUT2D eigenvalue weighted by Gasteiger charge is -2.29. The zero-order chi connectivity index (χ0) is 19.7. The minimum atomic E-state index is -0.540. The van der Waals surface area contributed by atoms with Gasteiger partial charge in [-0.15, -0.1) is 0 Å². The molecular formula is C22H25N3O3. The summed E-state index contributed by atoms with van der Waals surface area (Å²) in [6.07, 6.45) is 0.164. The molecule has 2 aromatic rings. The summed E-state index contributed by atoms with van der Waals surface area (Å²) in [5.74, 6) is -0.364. The summed E-state index contributed by atoms with van der Waals surface area (Å²) < 4.78 is 5.39. The molecule has 146 valence electrons. The number of benzene rings is 2. The third-order valence-electron chi connectivity index (χ3n) is 5.34. The number of aryl methyl sites for hydroxylation is 2. The summed E-state index contributed by atoms with van der Waals surface area (Å²) in [4.78, 5) is 29.1. The van der Waals surface area contributed by atoms with Gasteiger partial charge in [0.05, 0.1) is 25.3 Å². The van der Waals surface area contributed by atoms with Crippen molar-refractivity contribution in [3.63, 3.8) is 0 Å². The number of carbonyl (C=O) groups is 2. The van der Waals surface area contributed by atoms with E-state index in [1.54, 1.807) is 0 Å². The van der Waals surface area contributed by atoms with Crippen LogP contribution in [0.25, 0.3) is 0 Å². The molecule has 28 heavy (non-hydrogen) atoms. The van der Waals surface area contributed by atoms with E-state index in [1.807, 2.05) is 56.3 Å². The number of nitrogens with one attached hydrogen (secondary N) is 1. The maximum atomic E-state index is 12.9. The molecule has 0 aliphatic carbocycles. The Balaban J connectivity index is 1.47. The number of amides is 2. The normalized spacial score (nSPS) is 20.0. The van der Waals surface area contributed by atoms with Crippen molar-refractivity contribution in [3.8, 4) is 0 Å². The predicted octanol–water partition coefficient (Wildman–Crippen LogP) is 2.88. The fraction of sp³-hybridized carbons (Fsp3) is 0.364. The van der Waals surface area contributed by atoms with E-state index in [1.165, 1.54) is 4.90 Å². The van der Waals surface area contributed by atoms with E-state index in [4.69, 9.17) is 4.74 Å². The van der Waals surface area contributed by atoms with E-state index in [0.29, 0.717) is 5.69 Å². The predicted molar refractivity (Wildman–Crippen MR) is 110 cm³/mol. The van der Waals surface area contributed by atoms with Crippen molar-refractivity contribution in [3.05, 3.63) is 53.6 Å². The van der Waals surface area contributed by atoms with Crippen LogP contribution in [-0.2, 0) is 14.3 Å². The topological polar surface area (TPSA) is 61.9 Å². The zero-order valence-electron chi connectivity index (χ0n) is 16.3. The Morgan fingerprint density at radius 1 is 1.00 bits per heavy atom. The largest absolute Gasteiger partial charge is 0.378 e. The number of ether oxygens (including phenoxy) is 1. The van der Waals surface area contributed by atoms with Gasteiger partial charge < -0.3 is 15.0 Å². The number of anilines is 3. The van der Waals surface area contributed by atoms with Crippen LogP contribution in [-0.4, -0.2) is 44.2 Å². The number of hydrogen-bond donors (Lipinski definition) is 1. The van der Waals surface area contributed by atoms with Gasteiger partial charge in [0.15, 0.2) is 0 Å². The summed E-state index contributed by atoms with van der Waals surface area (Å²) in [7, 11) is 0. The lowest BCUT2D eigenvalue weighted by molar-refractivity contribution is -0.121. The van der Waals surface area contributed by atoms with Gasteiger partial charge in [0, 0.05) is 24.5 Å². The van der Waals surface area contributed by atoms with Crippen molar-refractivity contribution < 1.29 is 14.3 Å². The molecule has 2 aliphatic heterocycles. The van der Waals surface area contributed by atoms with Crippen LogP contribution in [0.4, 0.5) is 17.1 Å². The van der Waals surface area contributed by atoms with Crippen LogP contribution < -0.4 is 15.1 Å². The van der Waals surface area contributed by atoms with Gasteiger partial charge in [-0.2, -0.15) is 0 Å². The van der Waals surface area contributed by atoms with Crippen molar-refractivity contribution in [2.24, 2.45) is 0 Å². The van der Waals surface area contributed by atoms with Crippen molar-refractivity contribution in [1.82, 2.24) is 0 Å². The molecule has 1 unspecified atom stereocenters. The maximum absolute atomic E-state index is 12.9. The third-order valence-corrected chi connectivity index (χ3v) is 5.34. The molecule has 2 saturated heterocycles. The highest BCUT2D eigenvalue weighted by atomic mass is 16.5. The summed E-state index contributed by atoms with van der Waals surface area (Å²) in [6.45, 7) is 7.13. The third kappa shape index (κ3) is 3.60. The Morgan fingerprint density at radius 3 is 2.43 bits per heavy atom. The van der Waals surface area contributed by atoms with Crippen LogP contribution >= 0.6 is 0 Å².